The van der Waals surface area contributed by atoms with E-state index in [0.29, 0.717) is 12.6 Å². The van der Waals surface area contributed by atoms with E-state index in [-0.39, 0.29) is 30.1 Å². The Labute approximate surface area is 175 Å². The highest BCUT2D eigenvalue weighted by molar-refractivity contribution is 14.0. The molecule has 0 aliphatic carbocycles. The number of ether oxygens (including phenoxy) is 1. The topological polar surface area (TPSA) is 48.9 Å². The Hall–Kier alpha value is -0.860. The van der Waals surface area contributed by atoms with Gasteiger partial charge in [-0.1, -0.05) is 31.2 Å². The summed E-state index contributed by atoms with van der Waals surface area (Å²) in [4.78, 5) is 7.35. The average molecular weight is 472 g/mol. The van der Waals surface area contributed by atoms with Gasteiger partial charge in [0, 0.05) is 25.7 Å². The molecule has 0 amide bonds. The number of aryl methyl sites for hydroxylation is 1. The number of aliphatic imine (C=N–C) groups is 1. The summed E-state index contributed by atoms with van der Waals surface area (Å²) in [6.45, 7) is 9.82. The van der Waals surface area contributed by atoms with E-state index in [4.69, 9.17) is 9.73 Å². The van der Waals surface area contributed by atoms with E-state index in [2.05, 4.69) is 53.6 Å². The monoisotopic (exact) mass is 472 g/mol. The van der Waals surface area contributed by atoms with Crippen LogP contribution in [0.25, 0.3) is 0 Å². The Balaban J connectivity index is 0.00000243. The van der Waals surface area contributed by atoms with E-state index in [1.54, 1.807) is 0 Å². The molecule has 1 aromatic rings. The van der Waals surface area contributed by atoms with Crippen LogP contribution in [-0.4, -0.2) is 55.8 Å². The number of hydrogen-bond acceptors (Lipinski definition) is 3. The van der Waals surface area contributed by atoms with Crippen LogP contribution in [0.5, 0.6) is 0 Å². The number of morpholine rings is 1. The van der Waals surface area contributed by atoms with Crippen LogP contribution in [0.15, 0.2) is 29.3 Å². The smallest absolute Gasteiger partial charge is 0.191 e. The van der Waals surface area contributed by atoms with Gasteiger partial charge in [-0.25, -0.2) is 4.99 Å². The van der Waals surface area contributed by atoms with Gasteiger partial charge >= 0.3 is 0 Å². The molecule has 0 aromatic heterocycles. The van der Waals surface area contributed by atoms with Crippen molar-refractivity contribution in [3.05, 3.63) is 35.4 Å². The van der Waals surface area contributed by atoms with Crippen LogP contribution in [0.3, 0.4) is 0 Å². The van der Waals surface area contributed by atoms with E-state index >= 15 is 0 Å². The molecule has 2 fully saturated rings. The first-order chi connectivity index (χ1) is 12.3. The molecule has 26 heavy (non-hydrogen) atoms. The van der Waals surface area contributed by atoms with Gasteiger partial charge < -0.3 is 15.4 Å². The van der Waals surface area contributed by atoms with Gasteiger partial charge in [0.15, 0.2) is 5.96 Å². The third-order valence-electron chi connectivity index (χ3n) is 5.21. The highest BCUT2D eigenvalue weighted by Crippen LogP contribution is 2.22. The lowest BCUT2D eigenvalue weighted by molar-refractivity contribution is -0.0453. The number of nitrogens with zero attached hydrogens (tertiary/aromatic N) is 2. The number of nitrogens with one attached hydrogen (secondary N) is 2. The molecular formula is C20H33IN4O. The molecule has 3 rings (SSSR count). The second-order valence-corrected chi connectivity index (χ2v) is 6.94. The number of fused-ring (bicyclic) bond motifs is 1. The van der Waals surface area contributed by atoms with Crippen LogP contribution in [0.2, 0.25) is 0 Å². The Morgan fingerprint density at radius 1 is 1.23 bits per heavy atom. The minimum atomic E-state index is 0. The zero-order valence-electron chi connectivity index (χ0n) is 16.0. The summed E-state index contributed by atoms with van der Waals surface area (Å²) in [6, 6.07) is 9.20. The molecular weight excluding hydrogens is 439 g/mol. The van der Waals surface area contributed by atoms with Crippen molar-refractivity contribution in [2.75, 3.05) is 32.8 Å². The fourth-order valence-electron chi connectivity index (χ4n) is 3.78. The van der Waals surface area contributed by atoms with Gasteiger partial charge in [0.1, 0.15) is 0 Å². The van der Waals surface area contributed by atoms with Crippen LogP contribution in [0.4, 0.5) is 0 Å². The Morgan fingerprint density at radius 3 is 2.81 bits per heavy atom. The normalized spacial score (nSPS) is 23.2. The van der Waals surface area contributed by atoms with Crippen LogP contribution < -0.4 is 10.6 Å². The number of guanidine groups is 1. The van der Waals surface area contributed by atoms with Crippen molar-refractivity contribution in [3.8, 4) is 0 Å². The first kappa shape index (κ1) is 21.4. The summed E-state index contributed by atoms with van der Waals surface area (Å²) in [5, 5.41) is 6.81. The van der Waals surface area contributed by atoms with Crippen molar-refractivity contribution in [2.24, 2.45) is 4.99 Å². The molecule has 0 radical (unpaired) electrons. The summed E-state index contributed by atoms with van der Waals surface area (Å²) in [5.74, 6) is 0.876. The fourth-order valence-corrected chi connectivity index (χ4v) is 3.78. The molecule has 2 N–H and O–H groups in total. The number of benzene rings is 1. The molecule has 2 saturated heterocycles. The maximum absolute atomic E-state index is 6.03. The van der Waals surface area contributed by atoms with Gasteiger partial charge in [-0.2, -0.15) is 0 Å². The lowest BCUT2D eigenvalue weighted by Crippen LogP contribution is -2.51. The lowest BCUT2D eigenvalue weighted by atomic mass is 10.1. The molecule has 0 spiro atoms. The highest BCUT2D eigenvalue weighted by Gasteiger charge is 2.32. The molecule has 2 atom stereocenters. The average Bonchev–Trinajstić information content (AvgIpc) is 3.12. The van der Waals surface area contributed by atoms with Gasteiger partial charge in [0.2, 0.25) is 0 Å². The molecule has 146 valence electrons. The van der Waals surface area contributed by atoms with Crippen molar-refractivity contribution in [2.45, 2.75) is 51.8 Å². The number of halogens is 1. The predicted octanol–water partition coefficient (Wildman–Crippen LogP) is 2.79. The molecule has 1 aromatic carbocycles. The Morgan fingerprint density at radius 2 is 2.04 bits per heavy atom. The third-order valence-corrected chi connectivity index (χ3v) is 5.21. The van der Waals surface area contributed by atoms with Crippen molar-refractivity contribution < 1.29 is 4.74 Å². The van der Waals surface area contributed by atoms with Gasteiger partial charge in [0.25, 0.3) is 0 Å². The Bertz CT molecular complexity index is 581. The largest absolute Gasteiger partial charge is 0.373 e. The quantitative estimate of drug-likeness (QED) is 0.380. The number of rotatable bonds is 6. The van der Waals surface area contributed by atoms with Gasteiger partial charge in [-0.05, 0) is 43.9 Å². The van der Waals surface area contributed by atoms with E-state index in [1.165, 1.54) is 30.5 Å². The van der Waals surface area contributed by atoms with Crippen LogP contribution in [-0.2, 0) is 17.7 Å². The molecule has 5 nitrogen and oxygen atoms in total. The van der Waals surface area contributed by atoms with Gasteiger partial charge in [-0.15, -0.1) is 24.0 Å². The summed E-state index contributed by atoms with van der Waals surface area (Å²) in [6.07, 6.45) is 3.90. The van der Waals surface area contributed by atoms with E-state index in [0.717, 1.165) is 38.6 Å². The zero-order valence-corrected chi connectivity index (χ0v) is 18.4. The van der Waals surface area contributed by atoms with E-state index < -0.39 is 0 Å². The zero-order chi connectivity index (χ0) is 17.5. The standard InChI is InChI=1S/C20H32N4O.HI/c1-3-16-8-5-6-9-17(16)12-22-20(21-4-2)23-13-19-14-24-11-7-10-18(24)15-25-19;/h5-6,8-9,18-19H,3-4,7,10-15H2,1-2H3,(H2,21,22,23);1H. The lowest BCUT2D eigenvalue weighted by Gasteiger charge is -2.35. The van der Waals surface area contributed by atoms with Gasteiger partial charge in [0.05, 0.1) is 19.3 Å². The maximum atomic E-state index is 6.03. The van der Waals surface area contributed by atoms with Crippen molar-refractivity contribution in [1.82, 2.24) is 15.5 Å². The summed E-state index contributed by atoms with van der Waals surface area (Å²) in [5.41, 5.74) is 2.67. The molecule has 6 heteroatoms. The molecule has 2 unspecified atom stereocenters. The molecule has 0 saturated carbocycles. The van der Waals surface area contributed by atoms with Crippen LogP contribution in [0.1, 0.15) is 37.8 Å². The predicted molar refractivity (Wildman–Crippen MR) is 118 cm³/mol. The Kier molecular flexibility index (Phi) is 9.15. The van der Waals surface area contributed by atoms with Crippen molar-refractivity contribution in [1.29, 1.82) is 0 Å². The van der Waals surface area contributed by atoms with Crippen LogP contribution in [0, 0.1) is 0 Å². The minimum Gasteiger partial charge on any atom is -0.373 e. The van der Waals surface area contributed by atoms with Crippen molar-refractivity contribution >= 4 is 29.9 Å². The van der Waals surface area contributed by atoms with Crippen LogP contribution >= 0.6 is 24.0 Å². The second kappa shape index (κ2) is 11.1. The summed E-state index contributed by atoms with van der Waals surface area (Å²) in [7, 11) is 0. The van der Waals surface area contributed by atoms with Crippen molar-refractivity contribution in [3.63, 3.8) is 0 Å². The summed E-state index contributed by atoms with van der Waals surface area (Å²) < 4.78 is 6.03. The fraction of sp³-hybridized carbons (Fsp3) is 0.650. The van der Waals surface area contributed by atoms with Gasteiger partial charge in [-0.3, -0.25) is 4.90 Å². The molecule has 2 aliphatic rings. The third kappa shape index (κ3) is 5.82. The minimum absolute atomic E-state index is 0. The molecule has 2 aliphatic heterocycles. The molecule has 2 heterocycles. The maximum Gasteiger partial charge on any atom is 0.191 e. The SMILES string of the molecule is CCNC(=NCc1ccccc1CC)NCC1CN2CCCC2CO1.I. The molecule has 0 bridgehead atoms. The number of hydrogen-bond donors (Lipinski definition) is 2. The van der Waals surface area contributed by atoms with E-state index in [9.17, 15) is 0 Å². The van der Waals surface area contributed by atoms with E-state index in [1.807, 2.05) is 0 Å². The first-order valence-corrected chi connectivity index (χ1v) is 9.74. The second-order valence-electron chi connectivity index (χ2n) is 6.94. The first-order valence-electron chi connectivity index (χ1n) is 9.74. The summed E-state index contributed by atoms with van der Waals surface area (Å²) >= 11 is 0. The highest BCUT2D eigenvalue weighted by atomic mass is 127.